The molecule has 1 aromatic carbocycles. The SMILES string of the molecule is COc1ccc(Cl)cc1CC(=O)COc1ncccc1C(=O)O. The van der Waals surface area contributed by atoms with Gasteiger partial charge < -0.3 is 14.6 Å². The molecule has 0 fully saturated rings. The molecule has 6 nitrogen and oxygen atoms in total. The molecule has 0 saturated carbocycles. The highest BCUT2D eigenvalue weighted by Crippen LogP contribution is 2.23. The quantitative estimate of drug-likeness (QED) is 0.837. The average molecular weight is 336 g/mol. The van der Waals surface area contributed by atoms with Gasteiger partial charge in [0.25, 0.3) is 0 Å². The Labute approximate surface area is 137 Å². The maximum absolute atomic E-state index is 12.0. The van der Waals surface area contributed by atoms with Gasteiger partial charge in [-0.25, -0.2) is 9.78 Å². The number of Topliss-reactive ketones (excluding diaryl/α,β-unsaturated/α-hetero) is 1. The van der Waals surface area contributed by atoms with Gasteiger partial charge in [-0.15, -0.1) is 0 Å². The van der Waals surface area contributed by atoms with E-state index in [0.29, 0.717) is 16.3 Å². The van der Waals surface area contributed by atoms with Gasteiger partial charge in [0.05, 0.1) is 7.11 Å². The Balaban J connectivity index is 2.04. The van der Waals surface area contributed by atoms with E-state index in [0.717, 1.165) is 0 Å². The number of hydrogen-bond acceptors (Lipinski definition) is 5. The fourth-order valence-electron chi connectivity index (χ4n) is 1.97. The van der Waals surface area contributed by atoms with Crippen LogP contribution in [0.3, 0.4) is 0 Å². The Morgan fingerprint density at radius 1 is 1.30 bits per heavy atom. The summed E-state index contributed by atoms with van der Waals surface area (Å²) >= 11 is 5.91. The summed E-state index contributed by atoms with van der Waals surface area (Å²) < 4.78 is 10.4. The van der Waals surface area contributed by atoms with Crippen molar-refractivity contribution in [3.8, 4) is 11.6 Å². The fraction of sp³-hybridized carbons (Fsp3) is 0.188. The molecule has 0 aliphatic rings. The summed E-state index contributed by atoms with van der Waals surface area (Å²) in [7, 11) is 1.50. The number of pyridine rings is 1. The number of methoxy groups -OCH3 is 1. The molecule has 0 aliphatic carbocycles. The first-order valence-electron chi connectivity index (χ1n) is 6.66. The molecule has 2 rings (SSSR count). The van der Waals surface area contributed by atoms with E-state index in [-0.39, 0.29) is 30.3 Å². The highest BCUT2D eigenvalue weighted by Gasteiger charge is 2.15. The minimum Gasteiger partial charge on any atom is -0.496 e. The van der Waals surface area contributed by atoms with Crippen molar-refractivity contribution in [1.29, 1.82) is 0 Å². The van der Waals surface area contributed by atoms with E-state index in [1.165, 1.54) is 25.4 Å². The predicted molar refractivity (Wildman–Crippen MR) is 83.4 cm³/mol. The molecule has 0 radical (unpaired) electrons. The van der Waals surface area contributed by atoms with E-state index in [1.54, 1.807) is 18.2 Å². The van der Waals surface area contributed by atoms with Gasteiger partial charge in [-0.1, -0.05) is 11.6 Å². The Morgan fingerprint density at radius 2 is 2.09 bits per heavy atom. The summed E-state index contributed by atoms with van der Waals surface area (Å²) in [5.74, 6) is -0.970. The lowest BCUT2D eigenvalue weighted by molar-refractivity contribution is -0.120. The summed E-state index contributed by atoms with van der Waals surface area (Å²) in [6.07, 6.45) is 1.45. The normalized spacial score (nSPS) is 10.2. The Hall–Kier alpha value is -2.60. The van der Waals surface area contributed by atoms with Crippen LogP contribution >= 0.6 is 11.6 Å². The molecule has 0 unspecified atom stereocenters. The molecule has 1 heterocycles. The zero-order chi connectivity index (χ0) is 16.8. The predicted octanol–water partition coefficient (Wildman–Crippen LogP) is 2.63. The van der Waals surface area contributed by atoms with Gasteiger partial charge in [0.15, 0.2) is 5.78 Å². The summed E-state index contributed by atoms with van der Waals surface area (Å²) in [4.78, 5) is 26.9. The van der Waals surface area contributed by atoms with Crippen LogP contribution in [-0.2, 0) is 11.2 Å². The number of hydrogen-bond donors (Lipinski definition) is 1. The minimum absolute atomic E-state index is 0.0545. The van der Waals surface area contributed by atoms with Crippen molar-refractivity contribution < 1.29 is 24.2 Å². The summed E-state index contributed by atoms with van der Waals surface area (Å²) in [6.45, 7) is -0.299. The molecule has 0 atom stereocenters. The fourth-order valence-corrected chi connectivity index (χ4v) is 2.16. The van der Waals surface area contributed by atoms with Crippen LogP contribution in [0.25, 0.3) is 0 Å². The molecule has 0 saturated heterocycles. The summed E-state index contributed by atoms with van der Waals surface area (Å²) in [5.41, 5.74) is 0.536. The van der Waals surface area contributed by atoms with Crippen molar-refractivity contribution in [2.45, 2.75) is 6.42 Å². The molecule has 1 N–H and O–H groups in total. The monoisotopic (exact) mass is 335 g/mol. The third-order valence-corrected chi connectivity index (χ3v) is 3.24. The molecular weight excluding hydrogens is 322 g/mol. The summed E-state index contributed by atoms with van der Waals surface area (Å²) in [5, 5.41) is 9.52. The second kappa shape index (κ2) is 7.60. The minimum atomic E-state index is -1.17. The molecule has 1 aromatic heterocycles. The van der Waals surface area contributed by atoms with E-state index >= 15 is 0 Å². The number of halogens is 1. The van der Waals surface area contributed by atoms with Crippen LogP contribution < -0.4 is 9.47 Å². The van der Waals surface area contributed by atoms with E-state index in [1.807, 2.05) is 0 Å². The molecule has 0 bridgehead atoms. The lowest BCUT2D eigenvalue weighted by atomic mass is 10.1. The van der Waals surface area contributed by atoms with Gasteiger partial charge in [-0.3, -0.25) is 4.79 Å². The number of ketones is 1. The number of aromatic carboxylic acids is 1. The molecule has 23 heavy (non-hydrogen) atoms. The van der Waals surface area contributed by atoms with Gasteiger partial charge in [0, 0.05) is 23.2 Å². The van der Waals surface area contributed by atoms with Crippen molar-refractivity contribution in [2.24, 2.45) is 0 Å². The standard InChI is InChI=1S/C16H14ClNO5/c1-22-14-5-4-11(17)7-10(14)8-12(19)9-23-15-13(16(20)21)3-2-6-18-15/h2-7H,8-9H2,1H3,(H,20,21). The number of carbonyl (C=O) groups excluding carboxylic acids is 1. The van der Waals surface area contributed by atoms with Gasteiger partial charge in [-0.05, 0) is 30.3 Å². The van der Waals surface area contributed by atoms with Crippen molar-refractivity contribution in [3.63, 3.8) is 0 Å². The number of rotatable bonds is 7. The zero-order valence-electron chi connectivity index (χ0n) is 12.3. The number of benzene rings is 1. The number of carboxylic acids is 1. The van der Waals surface area contributed by atoms with Crippen LogP contribution in [-0.4, -0.2) is 35.6 Å². The molecule has 0 aliphatic heterocycles. The van der Waals surface area contributed by atoms with Crippen LogP contribution in [0, 0.1) is 0 Å². The number of carboxylic acid groups (broad SMARTS) is 1. The second-order valence-corrected chi connectivity index (χ2v) is 5.06. The first kappa shape index (κ1) is 16.8. The lowest BCUT2D eigenvalue weighted by Crippen LogP contribution is -2.16. The maximum Gasteiger partial charge on any atom is 0.341 e. The van der Waals surface area contributed by atoms with Gasteiger partial charge in [0.2, 0.25) is 5.88 Å². The van der Waals surface area contributed by atoms with Gasteiger partial charge in [0.1, 0.15) is 17.9 Å². The molecular formula is C16H14ClNO5. The van der Waals surface area contributed by atoms with Crippen LogP contribution in [0.5, 0.6) is 11.6 Å². The van der Waals surface area contributed by atoms with E-state index in [2.05, 4.69) is 4.98 Å². The van der Waals surface area contributed by atoms with E-state index in [9.17, 15) is 9.59 Å². The molecule has 2 aromatic rings. The second-order valence-electron chi connectivity index (χ2n) is 4.62. The number of aromatic nitrogens is 1. The third kappa shape index (κ3) is 4.43. The highest BCUT2D eigenvalue weighted by atomic mass is 35.5. The average Bonchev–Trinajstić information content (AvgIpc) is 2.53. The van der Waals surface area contributed by atoms with Crippen molar-refractivity contribution >= 4 is 23.4 Å². The highest BCUT2D eigenvalue weighted by molar-refractivity contribution is 6.30. The number of carbonyl (C=O) groups is 2. The third-order valence-electron chi connectivity index (χ3n) is 3.00. The maximum atomic E-state index is 12.0. The topological polar surface area (TPSA) is 85.7 Å². The molecule has 120 valence electrons. The van der Waals surface area contributed by atoms with Crippen LogP contribution in [0.2, 0.25) is 5.02 Å². The smallest absolute Gasteiger partial charge is 0.341 e. The van der Waals surface area contributed by atoms with E-state index < -0.39 is 5.97 Å². The van der Waals surface area contributed by atoms with Crippen LogP contribution in [0.15, 0.2) is 36.5 Å². The van der Waals surface area contributed by atoms with Crippen LogP contribution in [0.1, 0.15) is 15.9 Å². The first-order valence-corrected chi connectivity index (χ1v) is 7.04. The van der Waals surface area contributed by atoms with Crippen molar-refractivity contribution in [2.75, 3.05) is 13.7 Å². The Kier molecular flexibility index (Phi) is 5.54. The number of ether oxygens (including phenoxy) is 2. The Bertz CT molecular complexity index is 732. The van der Waals surface area contributed by atoms with Gasteiger partial charge in [-0.2, -0.15) is 0 Å². The van der Waals surface area contributed by atoms with Crippen molar-refractivity contribution in [3.05, 3.63) is 52.7 Å². The zero-order valence-corrected chi connectivity index (χ0v) is 13.0. The lowest BCUT2D eigenvalue weighted by Gasteiger charge is -2.10. The Morgan fingerprint density at radius 3 is 2.78 bits per heavy atom. The molecule has 0 amide bonds. The number of nitrogens with zero attached hydrogens (tertiary/aromatic N) is 1. The van der Waals surface area contributed by atoms with Gasteiger partial charge >= 0.3 is 5.97 Å². The molecule has 7 heteroatoms. The largest absolute Gasteiger partial charge is 0.496 e. The molecule has 0 spiro atoms. The van der Waals surface area contributed by atoms with Crippen LogP contribution in [0.4, 0.5) is 0 Å². The first-order chi connectivity index (χ1) is 11.0. The van der Waals surface area contributed by atoms with E-state index in [4.69, 9.17) is 26.2 Å². The van der Waals surface area contributed by atoms with Crippen molar-refractivity contribution in [1.82, 2.24) is 4.98 Å². The summed E-state index contributed by atoms with van der Waals surface area (Å²) in [6, 6.07) is 7.82.